The fourth-order valence-electron chi connectivity index (χ4n) is 5.41. The maximum Gasteiger partial charge on any atom is 0.120 e. The van der Waals surface area contributed by atoms with Gasteiger partial charge in [-0.15, -0.1) is 0 Å². The van der Waals surface area contributed by atoms with Gasteiger partial charge in [-0.1, -0.05) is 127 Å². The second-order valence-electron chi connectivity index (χ2n) is 9.84. The van der Waals surface area contributed by atoms with Crippen molar-refractivity contribution in [2.75, 3.05) is 0 Å². The van der Waals surface area contributed by atoms with Crippen LogP contribution in [0.25, 0.3) is 55.3 Å². The summed E-state index contributed by atoms with van der Waals surface area (Å²) < 4.78 is 6.22. The quantitative estimate of drug-likeness (QED) is 0.226. The molecule has 1 nitrogen and oxygen atoms in total. The summed E-state index contributed by atoms with van der Waals surface area (Å²) in [7, 11) is 0. The first kappa shape index (κ1) is 23.8. The third-order valence-electron chi connectivity index (χ3n) is 6.90. The summed E-state index contributed by atoms with van der Waals surface area (Å²) in [5, 5.41) is 2.40. The molecule has 0 atom stereocenters. The van der Waals surface area contributed by atoms with Gasteiger partial charge in [-0.05, 0) is 81.3 Å². The predicted molar refractivity (Wildman–Crippen MR) is 161 cm³/mol. The van der Waals surface area contributed by atoms with Crippen molar-refractivity contribution < 1.29 is 4.74 Å². The van der Waals surface area contributed by atoms with Gasteiger partial charge in [0.2, 0.25) is 0 Å². The van der Waals surface area contributed by atoms with Crippen LogP contribution < -0.4 is 4.74 Å². The van der Waals surface area contributed by atoms with E-state index in [2.05, 4.69) is 153 Å². The third kappa shape index (κ3) is 4.48. The van der Waals surface area contributed by atoms with Crippen LogP contribution in [0, 0.1) is 0 Å². The Bertz CT molecular complexity index is 1670. The Labute approximate surface area is 225 Å². The second kappa shape index (κ2) is 10.4. The van der Waals surface area contributed by atoms with Crippen LogP contribution in [0.1, 0.15) is 13.8 Å². The van der Waals surface area contributed by atoms with Gasteiger partial charge >= 0.3 is 0 Å². The molecular weight excluding hydrogens is 460 g/mol. The average molecular weight is 491 g/mol. The second-order valence-corrected chi connectivity index (χ2v) is 9.84. The maximum atomic E-state index is 6.22. The van der Waals surface area contributed by atoms with Crippen LogP contribution in [-0.2, 0) is 0 Å². The van der Waals surface area contributed by atoms with Crippen molar-refractivity contribution in [3.05, 3.63) is 140 Å². The molecule has 0 aliphatic heterocycles. The van der Waals surface area contributed by atoms with Gasteiger partial charge in [-0.25, -0.2) is 0 Å². The van der Waals surface area contributed by atoms with E-state index in [1.54, 1.807) is 0 Å². The molecule has 38 heavy (non-hydrogen) atoms. The first-order valence-electron chi connectivity index (χ1n) is 13.2. The monoisotopic (exact) mass is 490 g/mol. The fraction of sp³-hybridized carbons (Fsp3) is 0.0811. The summed E-state index contributed by atoms with van der Waals surface area (Å²) in [4.78, 5) is 0. The van der Waals surface area contributed by atoms with Crippen LogP contribution in [-0.4, -0.2) is 6.10 Å². The number of rotatable bonds is 6. The van der Waals surface area contributed by atoms with E-state index in [-0.39, 0.29) is 6.10 Å². The first-order chi connectivity index (χ1) is 18.7. The van der Waals surface area contributed by atoms with E-state index in [0.29, 0.717) is 0 Å². The van der Waals surface area contributed by atoms with Crippen molar-refractivity contribution in [1.29, 1.82) is 0 Å². The zero-order valence-electron chi connectivity index (χ0n) is 21.8. The summed E-state index contributed by atoms with van der Waals surface area (Å²) in [5.74, 6) is 0.884. The molecule has 0 radical (unpaired) electrons. The predicted octanol–water partition coefficient (Wildman–Crippen LogP) is 10.3. The molecule has 0 heterocycles. The summed E-state index contributed by atoms with van der Waals surface area (Å²) in [6.45, 7) is 4.15. The number of hydrogen-bond acceptors (Lipinski definition) is 1. The van der Waals surface area contributed by atoms with Gasteiger partial charge in [0.1, 0.15) is 5.75 Å². The normalized spacial score (nSPS) is 11.1. The molecule has 0 N–H and O–H groups in total. The Morgan fingerprint density at radius 3 is 1.16 bits per heavy atom. The van der Waals surface area contributed by atoms with Crippen LogP contribution in [0.2, 0.25) is 0 Å². The van der Waals surface area contributed by atoms with Crippen LogP contribution in [0.3, 0.4) is 0 Å². The van der Waals surface area contributed by atoms with E-state index in [1.807, 2.05) is 0 Å². The topological polar surface area (TPSA) is 9.23 Å². The lowest BCUT2D eigenvalue weighted by atomic mass is 9.79. The molecule has 0 unspecified atom stereocenters. The highest BCUT2D eigenvalue weighted by atomic mass is 16.5. The minimum Gasteiger partial charge on any atom is -0.491 e. The Kier molecular flexibility index (Phi) is 6.50. The molecule has 1 heteroatoms. The Hall–Kier alpha value is -4.62. The summed E-state index contributed by atoms with van der Waals surface area (Å²) in [5.41, 5.74) is 9.72. The molecule has 0 bridgehead atoms. The van der Waals surface area contributed by atoms with Gasteiger partial charge in [-0.3, -0.25) is 0 Å². The summed E-state index contributed by atoms with van der Waals surface area (Å²) in [6, 6.07) is 49.7. The largest absolute Gasteiger partial charge is 0.491 e. The number of ether oxygens (including phenoxy) is 1. The van der Waals surface area contributed by atoms with Gasteiger partial charge in [-0.2, -0.15) is 0 Å². The van der Waals surface area contributed by atoms with Crippen molar-refractivity contribution in [2.45, 2.75) is 20.0 Å². The molecule has 0 saturated heterocycles. The standard InChI is InChI=1S/C37H30O/c1-26(2)38-31-23-24-32-33(25-31)35(28-17-9-4-10-18-28)37(30-21-13-6-14-22-30)36(29-19-11-5-12-20-29)34(32)27-15-7-3-8-16-27/h3-26H,1-2H3. The zero-order chi connectivity index (χ0) is 25.9. The van der Waals surface area contributed by atoms with Gasteiger partial charge in [0.25, 0.3) is 0 Å². The highest BCUT2D eigenvalue weighted by molar-refractivity contribution is 6.18. The fourth-order valence-corrected chi connectivity index (χ4v) is 5.41. The van der Waals surface area contributed by atoms with Gasteiger partial charge in [0.15, 0.2) is 0 Å². The highest BCUT2D eigenvalue weighted by Gasteiger charge is 2.24. The lowest BCUT2D eigenvalue weighted by molar-refractivity contribution is 0.243. The van der Waals surface area contributed by atoms with Crippen molar-refractivity contribution in [3.63, 3.8) is 0 Å². The van der Waals surface area contributed by atoms with E-state index in [1.165, 1.54) is 55.3 Å². The molecular formula is C37H30O. The minimum absolute atomic E-state index is 0.0957. The number of hydrogen-bond donors (Lipinski definition) is 0. The van der Waals surface area contributed by atoms with E-state index in [0.717, 1.165) is 5.75 Å². The molecule has 0 amide bonds. The molecule has 0 aromatic heterocycles. The van der Waals surface area contributed by atoms with Gasteiger partial charge < -0.3 is 4.74 Å². The van der Waals surface area contributed by atoms with Crippen LogP contribution >= 0.6 is 0 Å². The molecule has 0 aliphatic rings. The van der Waals surface area contributed by atoms with E-state index < -0.39 is 0 Å². The number of benzene rings is 6. The summed E-state index contributed by atoms with van der Waals surface area (Å²) >= 11 is 0. The minimum atomic E-state index is 0.0957. The highest BCUT2D eigenvalue weighted by Crippen LogP contribution is 2.51. The third-order valence-corrected chi connectivity index (χ3v) is 6.90. The maximum absolute atomic E-state index is 6.22. The molecule has 184 valence electrons. The molecule has 0 aliphatic carbocycles. The van der Waals surface area contributed by atoms with Crippen LogP contribution in [0.15, 0.2) is 140 Å². The Morgan fingerprint density at radius 2 is 0.763 bits per heavy atom. The molecule has 0 spiro atoms. The van der Waals surface area contributed by atoms with Crippen molar-refractivity contribution >= 4 is 10.8 Å². The first-order valence-corrected chi connectivity index (χ1v) is 13.2. The van der Waals surface area contributed by atoms with Gasteiger partial charge in [0.05, 0.1) is 6.10 Å². The van der Waals surface area contributed by atoms with Crippen molar-refractivity contribution in [3.8, 4) is 50.3 Å². The van der Waals surface area contributed by atoms with Crippen LogP contribution in [0.5, 0.6) is 5.75 Å². The zero-order valence-corrected chi connectivity index (χ0v) is 21.8. The van der Waals surface area contributed by atoms with E-state index in [9.17, 15) is 0 Å². The molecule has 6 aromatic rings. The smallest absolute Gasteiger partial charge is 0.120 e. The lowest BCUT2D eigenvalue weighted by Crippen LogP contribution is -2.05. The number of fused-ring (bicyclic) bond motifs is 1. The Balaban J connectivity index is 1.87. The summed E-state index contributed by atoms with van der Waals surface area (Å²) in [6.07, 6.45) is 0.0957. The molecule has 0 fully saturated rings. The van der Waals surface area contributed by atoms with Crippen molar-refractivity contribution in [2.24, 2.45) is 0 Å². The SMILES string of the molecule is CC(C)Oc1ccc2c(-c3ccccc3)c(-c3ccccc3)c(-c3ccccc3)c(-c3ccccc3)c2c1. The molecule has 6 rings (SSSR count). The molecule has 6 aromatic carbocycles. The van der Waals surface area contributed by atoms with Crippen LogP contribution in [0.4, 0.5) is 0 Å². The van der Waals surface area contributed by atoms with Crippen molar-refractivity contribution in [1.82, 2.24) is 0 Å². The molecule has 0 saturated carbocycles. The van der Waals surface area contributed by atoms with E-state index in [4.69, 9.17) is 4.74 Å². The average Bonchev–Trinajstić information content (AvgIpc) is 2.97. The lowest BCUT2D eigenvalue weighted by Gasteiger charge is -2.25. The Morgan fingerprint density at radius 1 is 0.395 bits per heavy atom. The van der Waals surface area contributed by atoms with E-state index >= 15 is 0 Å². The van der Waals surface area contributed by atoms with Gasteiger partial charge in [0, 0.05) is 0 Å².